The fourth-order valence-electron chi connectivity index (χ4n) is 1.45. The van der Waals surface area contributed by atoms with Gasteiger partial charge in [0.2, 0.25) is 0 Å². The fraction of sp³-hybridized carbons (Fsp3) is 1.00. The third-order valence-corrected chi connectivity index (χ3v) is 2.36. The highest BCUT2D eigenvalue weighted by molar-refractivity contribution is 7.81. The lowest BCUT2D eigenvalue weighted by Gasteiger charge is -2.41. The van der Waals surface area contributed by atoms with Crippen molar-refractivity contribution in [2.45, 2.75) is 49.5 Å². The Labute approximate surface area is 99.2 Å². The molecule has 0 saturated carbocycles. The van der Waals surface area contributed by atoms with Gasteiger partial charge in [-0.05, 0) is 13.8 Å². The van der Waals surface area contributed by atoms with E-state index in [1.54, 1.807) is 13.8 Å². The Balaban J connectivity index is 2.71. The molecule has 0 spiro atoms. The number of thiol groups is 1. The van der Waals surface area contributed by atoms with Crippen LogP contribution in [0, 0.1) is 0 Å². The van der Waals surface area contributed by atoms with Crippen molar-refractivity contribution in [1.29, 1.82) is 0 Å². The molecule has 0 aliphatic carbocycles. The smallest absolute Gasteiger partial charge is 0.188 e. The second-order valence-corrected chi connectivity index (χ2v) is 5.34. The van der Waals surface area contributed by atoms with Crippen LogP contribution >= 0.6 is 12.6 Å². The Hall–Kier alpha value is 0.110. The summed E-state index contributed by atoms with van der Waals surface area (Å²) in [5.41, 5.74) is 0. The summed E-state index contributed by atoms with van der Waals surface area (Å²) in [6.45, 7) is 2.80. The number of hydrogen-bond donors (Lipinski definition) is 5. The molecule has 1 rings (SSSR count). The molecular weight excluding hydrogens is 236 g/mol. The van der Waals surface area contributed by atoms with Crippen LogP contribution in [0.15, 0.2) is 0 Å². The largest absolute Gasteiger partial charge is 0.394 e. The summed E-state index contributed by atoms with van der Waals surface area (Å²) in [5, 5.41) is 37.5. The number of ether oxygens (including phenoxy) is 2. The van der Waals surface area contributed by atoms with Crippen molar-refractivity contribution in [3.8, 4) is 0 Å². The van der Waals surface area contributed by atoms with E-state index >= 15 is 0 Å². The first kappa shape index (κ1) is 14.2. The molecule has 1 aliphatic rings. The first-order valence-corrected chi connectivity index (χ1v) is 5.41. The van der Waals surface area contributed by atoms with Crippen LogP contribution in [-0.4, -0.2) is 62.7 Å². The highest BCUT2D eigenvalue weighted by atomic mass is 32.1. The minimum absolute atomic E-state index is 0.474. The van der Waals surface area contributed by atoms with Gasteiger partial charge in [-0.3, -0.25) is 0 Å². The minimum atomic E-state index is -1.42. The molecule has 5 atom stereocenters. The molecule has 0 aromatic rings. The lowest BCUT2D eigenvalue weighted by molar-refractivity contribution is -0.312. The van der Waals surface area contributed by atoms with Gasteiger partial charge in [0.05, 0.1) is 6.61 Å². The molecule has 1 aliphatic heterocycles. The van der Waals surface area contributed by atoms with Crippen LogP contribution in [0.2, 0.25) is 0 Å². The first-order valence-electron chi connectivity index (χ1n) is 4.97. The van der Waals surface area contributed by atoms with Crippen LogP contribution in [0.3, 0.4) is 0 Å². The van der Waals surface area contributed by atoms with Crippen LogP contribution < -0.4 is 0 Å². The van der Waals surface area contributed by atoms with Crippen molar-refractivity contribution in [3.63, 3.8) is 0 Å². The summed E-state index contributed by atoms with van der Waals surface area (Å²) in [6.07, 6.45) is -6.28. The van der Waals surface area contributed by atoms with Crippen LogP contribution in [0.1, 0.15) is 13.8 Å². The van der Waals surface area contributed by atoms with Crippen molar-refractivity contribution in [2.75, 3.05) is 6.61 Å². The molecule has 1 fully saturated rings. The lowest BCUT2D eigenvalue weighted by atomic mass is 9.99. The van der Waals surface area contributed by atoms with Gasteiger partial charge in [0.25, 0.3) is 0 Å². The van der Waals surface area contributed by atoms with Gasteiger partial charge >= 0.3 is 0 Å². The summed E-state index contributed by atoms with van der Waals surface area (Å²) in [4.78, 5) is -0.867. The number of aliphatic hydroxyl groups is 4. The third-order valence-electron chi connectivity index (χ3n) is 2.25. The lowest BCUT2D eigenvalue weighted by Crippen LogP contribution is -2.60. The van der Waals surface area contributed by atoms with E-state index in [2.05, 4.69) is 12.6 Å². The standard InChI is InChI=1S/C9H18O6S/c1-9(2,16)15-8-7(13)6(12)5(11)4(3-10)14-8/h4-8,10-13,16H,3H2,1-2H3/t4-,5+,6+,7-,8-/m1/s1. The molecule has 4 N–H and O–H groups in total. The van der Waals surface area contributed by atoms with Crippen molar-refractivity contribution in [1.82, 2.24) is 0 Å². The van der Waals surface area contributed by atoms with Gasteiger partial charge in [-0.1, -0.05) is 0 Å². The molecule has 0 unspecified atom stereocenters. The summed E-state index contributed by atoms with van der Waals surface area (Å²) >= 11 is 4.10. The quantitative estimate of drug-likeness (QED) is 0.309. The molecule has 0 radical (unpaired) electrons. The van der Waals surface area contributed by atoms with Crippen molar-refractivity contribution >= 4 is 12.6 Å². The van der Waals surface area contributed by atoms with E-state index in [9.17, 15) is 15.3 Å². The molecular formula is C9H18O6S. The van der Waals surface area contributed by atoms with Gasteiger partial charge in [0, 0.05) is 0 Å². The number of rotatable bonds is 3. The van der Waals surface area contributed by atoms with E-state index in [4.69, 9.17) is 14.6 Å². The molecule has 0 amide bonds. The van der Waals surface area contributed by atoms with Gasteiger partial charge in [-0.25, -0.2) is 0 Å². The maximum atomic E-state index is 9.61. The molecule has 7 heteroatoms. The van der Waals surface area contributed by atoms with Gasteiger partial charge in [0.15, 0.2) is 6.29 Å². The zero-order valence-electron chi connectivity index (χ0n) is 9.15. The third kappa shape index (κ3) is 3.30. The molecule has 0 bridgehead atoms. The monoisotopic (exact) mass is 254 g/mol. The molecule has 0 aromatic heterocycles. The Morgan fingerprint density at radius 1 is 1.19 bits per heavy atom. The molecule has 0 aromatic carbocycles. The van der Waals surface area contributed by atoms with E-state index in [-0.39, 0.29) is 0 Å². The maximum absolute atomic E-state index is 9.61. The number of aliphatic hydroxyl groups excluding tert-OH is 4. The molecule has 96 valence electrons. The minimum Gasteiger partial charge on any atom is -0.394 e. The second-order valence-electron chi connectivity index (χ2n) is 4.26. The second kappa shape index (κ2) is 5.18. The van der Waals surface area contributed by atoms with Crippen LogP contribution in [0.5, 0.6) is 0 Å². The predicted molar refractivity (Wildman–Crippen MR) is 57.9 cm³/mol. The normalized spacial score (nSPS) is 41.1. The highest BCUT2D eigenvalue weighted by Gasteiger charge is 2.45. The van der Waals surface area contributed by atoms with Crippen LogP contribution in [-0.2, 0) is 9.47 Å². The van der Waals surface area contributed by atoms with Gasteiger partial charge in [0.1, 0.15) is 29.3 Å². The van der Waals surface area contributed by atoms with Crippen molar-refractivity contribution in [2.24, 2.45) is 0 Å². The highest BCUT2D eigenvalue weighted by Crippen LogP contribution is 2.26. The Kier molecular flexibility index (Phi) is 4.58. The zero-order chi connectivity index (χ0) is 12.5. The summed E-state index contributed by atoms with van der Waals surface area (Å²) < 4.78 is 10.4. The molecule has 6 nitrogen and oxygen atoms in total. The number of hydrogen-bond acceptors (Lipinski definition) is 7. The van der Waals surface area contributed by atoms with Gasteiger partial charge in [-0.2, -0.15) is 0 Å². The SMILES string of the molecule is CC(C)(S)O[C@H]1O[C@H](CO)[C@H](O)[C@H](O)[C@H]1O. The molecule has 1 heterocycles. The van der Waals surface area contributed by atoms with E-state index in [1.807, 2.05) is 0 Å². The van der Waals surface area contributed by atoms with Crippen molar-refractivity contribution < 1.29 is 29.9 Å². The Morgan fingerprint density at radius 2 is 1.75 bits per heavy atom. The van der Waals surface area contributed by atoms with Gasteiger partial charge in [-0.15, -0.1) is 12.6 Å². The first-order chi connectivity index (χ1) is 7.26. The van der Waals surface area contributed by atoms with Crippen molar-refractivity contribution in [3.05, 3.63) is 0 Å². The summed E-state index contributed by atoms with van der Waals surface area (Å²) in [5.74, 6) is 0. The summed E-state index contributed by atoms with van der Waals surface area (Å²) in [6, 6.07) is 0. The van der Waals surface area contributed by atoms with Crippen LogP contribution in [0.25, 0.3) is 0 Å². The van der Waals surface area contributed by atoms with E-state index < -0.39 is 42.2 Å². The van der Waals surface area contributed by atoms with E-state index in [1.165, 1.54) is 0 Å². The maximum Gasteiger partial charge on any atom is 0.188 e. The average molecular weight is 254 g/mol. The average Bonchev–Trinajstić information content (AvgIpc) is 2.17. The summed E-state index contributed by atoms with van der Waals surface area (Å²) in [7, 11) is 0. The van der Waals surface area contributed by atoms with E-state index in [0.29, 0.717) is 0 Å². The zero-order valence-corrected chi connectivity index (χ0v) is 10.0. The van der Waals surface area contributed by atoms with E-state index in [0.717, 1.165) is 0 Å². The fourth-order valence-corrected chi connectivity index (χ4v) is 1.55. The van der Waals surface area contributed by atoms with Gasteiger partial charge < -0.3 is 29.9 Å². The molecule has 1 saturated heterocycles. The Bertz CT molecular complexity index is 229. The Morgan fingerprint density at radius 3 is 2.19 bits per heavy atom. The topological polar surface area (TPSA) is 99.4 Å². The molecule has 16 heavy (non-hydrogen) atoms. The predicted octanol–water partition coefficient (Wildman–Crippen LogP) is -1.53. The van der Waals surface area contributed by atoms with Crippen LogP contribution in [0.4, 0.5) is 0 Å².